The van der Waals surface area contributed by atoms with Gasteiger partial charge in [-0.1, -0.05) is 64.2 Å². The lowest BCUT2D eigenvalue weighted by Crippen LogP contribution is -2.45. The first-order chi connectivity index (χ1) is 24.4. The molecule has 0 aromatic carbocycles. The number of allylic oxidation sites excluding steroid dienone is 2. The summed E-state index contributed by atoms with van der Waals surface area (Å²) in [4.78, 5) is 23.7. The van der Waals surface area contributed by atoms with Crippen molar-refractivity contribution in [2.75, 3.05) is 39.6 Å². The number of carbonyl (C=O) groups excluding carboxylic acids is 2. The molecule has 0 amide bonds. The van der Waals surface area contributed by atoms with Gasteiger partial charge in [0.05, 0.1) is 12.5 Å². The van der Waals surface area contributed by atoms with Gasteiger partial charge in [0.15, 0.2) is 0 Å². The van der Waals surface area contributed by atoms with Gasteiger partial charge in [-0.05, 0) is 92.2 Å². The maximum Gasteiger partial charge on any atom is 0.500 e. The predicted octanol–water partition coefficient (Wildman–Crippen LogP) is 9.99. The van der Waals surface area contributed by atoms with E-state index in [0.717, 1.165) is 88.4 Å². The molecule has 0 fully saturated rings. The first kappa shape index (κ1) is 48.4. The highest BCUT2D eigenvalue weighted by atomic mass is 28.4. The zero-order valence-corrected chi connectivity index (χ0v) is 34.5. The summed E-state index contributed by atoms with van der Waals surface area (Å²) < 4.78 is 45.6. The summed E-state index contributed by atoms with van der Waals surface area (Å²) in [5.74, 6) is -1.21. The number of hydrogen-bond acceptors (Lipinski definition) is 10. The number of hydrogen-bond donors (Lipinski definition) is 0. The fourth-order valence-electron chi connectivity index (χ4n) is 5.56. The molecule has 0 bridgehead atoms. The minimum Gasteiger partial charge on any atom is -0.432 e. The Balaban J connectivity index is 3.83. The van der Waals surface area contributed by atoms with Crippen LogP contribution in [-0.4, -0.2) is 69.2 Å². The maximum absolute atomic E-state index is 11.8. The van der Waals surface area contributed by atoms with Crippen LogP contribution in [0.25, 0.3) is 0 Å². The third-order valence-electron chi connectivity index (χ3n) is 7.81. The molecular weight excluding hydrogens is 673 g/mol. The quantitative estimate of drug-likeness (QED) is 0.0202. The van der Waals surface area contributed by atoms with Crippen LogP contribution in [0.4, 0.5) is 0 Å². The highest BCUT2D eigenvalue weighted by Crippen LogP contribution is 2.22. The molecule has 50 heavy (non-hydrogen) atoms. The Kier molecular flexibility index (Phi) is 33.3. The first-order valence-corrected chi connectivity index (χ1v) is 23.5. The number of ether oxygens (including phenoxy) is 2. The van der Waals surface area contributed by atoms with Crippen LogP contribution in [0.5, 0.6) is 0 Å². The molecule has 292 valence electrons. The van der Waals surface area contributed by atoms with E-state index in [1.54, 1.807) is 0 Å². The van der Waals surface area contributed by atoms with Crippen molar-refractivity contribution in [3.8, 4) is 0 Å². The third-order valence-corrected chi connectivity index (χ3v) is 14.1. The van der Waals surface area contributed by atoms with E-state index in [1.165, 1.54) is 51.0 Å². The van der Waals surface area contributed by atoms with Crippen molar-refractivity contribution >= 4 is 29.5 Å². The van der Waals surface area contributed by atoms with Gasteiger partial charge in [-0.2, -0.15) is 0 Å². The van der Waals surface area contributed by atoms with Gasteiger partial charge in [-0.15, -0.1) is 0 Å². The molecule has 0 rings (SSSR count). The molecule has 0 aromatic rings. The smallest absolute Gasteiger partial charge is 0.432 e. The average Bonchev–Trinajstić information content (AvgIpc) is 3.09. The normalized spacial score (nSPS) is 12.5. The van der Waals surface area contributed by atoms with Crippen molar-refractivity contribution in [2.24, 2.45) is 0 Å². The van der Waals surface area contributed by atoms with E-state index in [0.29, 0.717) is 39.6 Å². The Bertz CT molecular complexity index is 793. The van der Waals surface area contributed by atoms with Crippen molar-refractivity contribution < 1.29 is 45.6 Å². The van der Waals surface area contributed by atoms with E-state index in [2.05, 4.69) is 0 Å². The maximum atomic E-state index is 11.8. The molecule has 10 nitrogen and oxygen atoms in total. The van der Waals surface area contributed by atoms with Crippen LogP contribution in [0.1, 0.15) is 144 Å². The van der Waals surface area contributed by atoms with Gasteiger partial charge in [0.2, 0.25) is 0 Å². The monoisotopic (exact) mass is 744 g/mol. The zero-order chi connectivity index (χ0) is 37.0. The molecule has 0 spiro atoms. The summed E-state index contributed by atoms with van der Waals surface area (Å²) in [7, 11) is -5.02. The fourth-order valence-corrected chi connectivity index (χ4v) is 10.9. The summed E-state index contributed by atoms with van der Waals surface area (Å²) >= 11 is 0. The Hall–Kier alpha value is -1.65. The predicted molar refractivity (Wildman–Crippen MR) is 204 cm³/mol. The Morgan fingerprint density at radius 1 is 0.400 bits per heavy atom. The topological polar surface area (TPSA) is 108 Å². The van der Waals surface area contributed by atoms with E-state index in [-0.39, 0.29) is 0 Å². The van der Waals surface area contributed by atoms with E-state index < -0.39 is 29.5 Å². The van der Waals surface area contributed by atoms with Gasteiger partial charge in [-0.25, -0.2) is 9.59 Å². The summed E-state index contributed by atoms with van der Waals surface area (Å²) in [6.45, 7) is 15.7. The molecular formula is C38H72O10Si2. The van der Waals surface area contributed by atoms with E-state index >= 15 is 0 Å². The lowest BCUT2D eigenvalue weighted by Gasteiger charge is -2.28. The minimum absolute atomic E-state index is 0.605. The van der Waals surface area contributed by atoms with Crippen molar-refractivity contribution in [3.63, 3.8) is 0 Å². The van der Waals surface area contributed by atoms with Gasteiger partial charge in [0.25, 0.3) is 0 Å². The molecule has 12 heteroatoms. The lowest BCUT2D eigenvalue weighted by atomic mass is 10.1. The van der Waals surface area contributed by atoms with Crippen molar-refractivity contribution in [2.45, 2.75) is 156 Å². The summed E-state index contributed by atoms with van der Waals surface area (Å²) in [6.07, 6.45) is 26.2. The van der Waals surface area contributed by atoms with Crippen molar-refractivity contribution in [1.82, 2.24) is 0 Å². The summed E-state index contributed by atoms with van der Waals surface area (Å²) in [5, 5.41) is 0. The van der Waals surface area contributed by atoms with E-state index in [1.807, 2.05) is 53.7 Å². The lowest BCUT2D eigenvalue weighted by molar-refractivity contribution is -0.135. The minimum atomic E-state index is -2.51. The summed E-state index contributed by atoms with van der Waals surface area (Å²) in [6, 6.07) is 1.76. The third kappa shape index (κ3) is 27.1. The Morgan fingerprint density at radius 2 is 0.660 bits per heavy atom. The highest BCUT2D eigenvalue weighted by molar-refractivity contribution is 6.61. The molecule has 0 aliphatic carbocycles. The molecule has 0 aromatic heterocycles. The molecule has 0 saturated heterocycles. The molecule has 0 aliphatic rings. The number of esters is 2. The second-order valence-electron chi connectivity index (χ2n) is 11.9. The van der Waals surface area contributed by atoms with Gasteiger partial charge in [0.1, 0.15) is 0 Å². The molecule has 0 saturated carbocycles. The molecule has 0 radical (unpaired) electrons. The largest absolute Gasteiger partial charge is 0.500 e. The summed E-state index contributed by atoms with van der Waals surface area (Å²) in [5.41, 5.74) is 0. The van der Waals surface area contributed by atoms with E-state index in [4.69, 9.17) is 36.0 Å². The fraction of sp³-hybridized carbons (Fsp3) is 0.789. The second kappa shape index (κ2) is 34.4. The van der Waals surface area contributed by atoms with Gasteiger partial charge in [0, 0.05) is 63.9 Å². The number of carbonyl (C=O) groups is 2. The second-order valence-corrected chi connectivity index (χ2v) is 17.4. The van der Waals surface area contributed by atoms with Crippen LogP contribution in [0.2, 0.25) is 12.1 Å². The molecule has 0 heterocycles. The number of unbranched alkanes of at least 4 members (excludes halogenated alkanes) is 14. The Labute approximate surface area is 307 Å². The molecule has 0 aliphatic heterocycles. The van der Waals surface area contributed by atoms with Crippen LogP contribution in [0.15, 0.2) is 36.8 Å². The van der Waals surface area contributed by atoms with Crippen LogP contribution in [0.3, 0.4) is 0 Å². The molecule has 0 N–H and O–H groups in total. The SMILES string of the molecule is CCO[Si](CCCCCCCCCC=COC(=O)/C=C/C(=O)OC=CCCCCCCCCC[Si](OCC)(OCC)OCC)(OCC)OCC. The standard InChI is InChI=1S/C38H72O10Si2/c1-7-43-49(44-8-2,45-9-3)35-29-25-21-17-13-15-19-23-27-33-41-37(39)31-32-38(40)42-34-28-24-20-16-14-18-22-26-30-36-50(46-10-4,47-11-5)48-12-6/h27-28,31-34H,7-26,29-30,35-36H2,1-6H3/b32-31+,33-27?,34-28?. The highest BCUT2D eigenvalue weighted by Gasteiger charge is 2.40. The van der Waals surface area contributed by atoms with Crippen molar-refractivity contribution in [1.29, 1.82) is 0 Å². The molecule has 0 atom stereocenters. The van der Waals surface area contributed by atoms with Crippen LogP contribution < -0.4 is 0 Å². The first-order valence-electron chi connectivity index (χ1n) is 19.6. The van der Waals surface area contributed by atoms with Crippen LogP contribution in [-0.2, 0) is 45.6 Å². The van der Waals surface area contributed by atoms with Gasteiger partial charge < -0.3 is 36.0 Å². The van der Waals surface area contributed by atoms with Gasteiger partial charge >= 0.3 is 29.5 Å². The zero-order valence-electron chi connectivity index (χ0n) is 32.5. The molecule has 0 unspecified atom stereocenters. The van der Waals surface area contributed by atoms with E-state index in [9.17, 15) is 9.59 Å². The number of rotatable bonds is 36. The van der Waals surface area contributed by atoms with Crippen molar-refractivity contribution in [3.05, 3.63) is 36.8 Å². The van der Waals surface area contributed by atoms with Crippen LogP contribution in [0, 0.1) is 0 Å². The van der Waals surface area contributed by atoms with Gasteiger partial charge in [-0.3, -0.25) is 0 Å². The van der Waals surface area contributed by atoms with Crippen LogP contribution >= 0.6 is 0 Å². The Morgan fingerprint density at radius 3 is 0.940 bits per heavy atom. The average molecular weight is 745 g/mol.